The largest absolute Gasteiger partial charge is 0.394 e. The molecule has 0 spiro atoms. The molecular formula is C57H99NO18. The lowest BCUT2D eigenvalue weighted by atomic mass is 9.96. The molecule has 3 aliphatic rings. The molecule has 19 heteroatoms. The van der Waals surface area contributed by atoms with E-state index in [9.17, 15) is 61.0 Å². The van der Waals surface area contributed by atoms with Crippen molar-refractivity contribution >= 4 is 5.91 Å². The molecule has 19 nitrogen and oxygen atoms in total. The number of rotatable bonds is 40. The number of amides is 1. The first-order chi connectivity index (χ1) is 36.8. The number of aliphatic hydroxyl groups excluding tert-OH is 11. The van der Waals surface area contributed by atoms with Crippen molar-refractivity contribution in [3.8, 4) is 0 Å². The number of carbonyl (C=O) groups excluding carboxylic acids is 1. The maximum atomic E-state index is 13.3. The van der Waals surface area contributed by atoms with Gasteiger partial charge in [0.2, 0.25) is 5.91 Å². The molecule has 0 bridgehead atoms. The smallest absolute Gasteiger partial charge is 0.220 e. The molecule has 17 atom stereocenters. The molecule has 12 N–H and O–H groups in total. The summed E-state index contributed by atoms with van der Waals surface area (Å²) >= 11 is 0. The molecule has 3 saturated heterocycles. The van der Waals surface area contributed by atoms with Gasteiger partial charge in [0.1, 0.15) is 73.2 Å². The van der Waals surface area contributed by atoms with Gasteiger partial charge in [0, 0.05) is 6.42 Å². The fraction of sp³-hybridized carbons (Fsp3) is 0.807. The Labute approximate surface area is 452 Å². The highest BCUT2D eigenvalue weighted by atomic mass is 16.8. The SMILES string of the molecule is CC/C=C\C/C=C\C/C=C\CCCCCCCCCC(=O)NC(COC1OC(CO)C(OC2OC(CO)C(OC3OC(CO)C(O)C(O)C3O)C(O)C2O)C(O)C1O)C(O)/C=C/CC/C=C/CCCCCCCCCC. The first kappa shape index (κ1) is 67.8. The van der Waals surface area contributed by atoms with Crippen molar-refractivity contribution in [3.05, 3.63) is 60.8 Å². The van der Waals surface area contributed by atoms with Gasteiger partial charge in [-0.05, 0) is 64.2 Å². The van der Waals surface area contributed by atoms with Crippen LogP contribution >= 0.6 is 0 Å². The van der Waals surface area contributed by atoms with Crippen molar-refractivity contribution in [2.45, 2.75) is 266 Å². The number of aliphatic hydroxyl groups is 11. The Kier molecular flexibility index (Phi) is 36.2. The van der Waals surface area contributed by atoms with Crippen LogP contribution in [0.1, 0.15) is 162 Å². The van der Waals surface area contributed by atoms with E-state index >= 15 is 0 Å². The number of carbonyl (C=O) groups is 1. The van der Waals surface area contributed by atoms with E-state index in [0.29, 0.717) is 12.8 Å². The predicted molar refractivity (Wildman–Crippen MR) is 286 cm³/mol. The van der Waals surface area contributed by atoms with Gasteiger partial charge in [0.25, 0.3) is 0 Å². The second-order valence-corrected chi connectivity index (χ2v) is 20.4. The van der Waals surface area contributed by atoms with Crippen LogP contribution in [0.15, 0.2) is 60.8 Å². The average molecular weight is 1090 g/mol. The highest BCUT2D eigenvalue weighted by Crippen LogP contribution is 2.33. The lowest BCUT2D eigenvalue weighted by Gasteiger charge is -2.48. The normalized spacial score (nSPS) is 31.4. The van der Waals surface area contributed by atoms with E-state index in [0.717, 1.165) is 83.5 Å². The van der Waals surface area contributed by atoms with Crippen molar-refractivity contribution in [3.63, 3.8) is 0 Å². The van der Waals surface area contributed by atoms with Crippen LogP contribution in [0.4, 0.5) is 0 Å². The average Bonchev–Trinajstić information content (AvgIpc) is 3.41. The molecule has 0 saturated carbocycles. The lowest BCUT2D eigenvalue weighted by molar-refractivity contribution is -0.379. The Hall–Kier alpha value is -2.51. The molecule has 3 heterocycles. The maximum Gasteiger partial charge on any atom is 0.220 e. The second kappa shape index (κ2) is 40.6. The quantitative estimate of drug-likeness (QED) is 0.0304. The molecule has 0 aromatic heterocycles. The summed E-state index contributed by atoms with van der Waals surface area (Å²) in [4.78, 5) is 13.3. The van der Waals surface area contributed by atoms with E-state index < -0.39 is 124 Å². The Morgan fingerprint density at radius 2 is 0.921 bits per heavy atom. The van der Waals surface area contributed by atoms with E-state index in [1.807, 2.05) is 6.08 Å². The summed E-state index contributed by atoms with van der Waals surface area (Å²) in [6.45, 7) is 1.55. The van der Waals surface area contributed by atoms with Gasteiger partial charge in [-0.3, -0.25) is 4.79 Å². The highest BCUT2D eigenvalue weighted by Gasteiger charge is 2.53. The number of nitrogens with one attached hydrogen (secondary N) is 1. The third-order valence-corrected chi connectivity index (χ3v) is 14.0. The highest BCUT2D eigenvalue weighted by molar-refractivity contribution is 5.76. The third kappa shape index (κ3) is 24.9. The summed E-state index contributed by atoms with van der Waals surface area (Å²) in [7, 11) is 0. The van der Waals surface area contributed by atoms with Crippen molar-refractivity contribution in [2.24, 2.45) is 0 Å². The molecule has 17 unspecified atom stereocenters. The predicted octanol–water partition coefficient (Wildman–Crippen LogP) is 4.09. The Morgan fingerprint density at radius 1 is 0.487 bits per heavy atom. The fourth-order valence-corrected chi connectivity index (χ4v) is 9.34. The van der Waals surface area contributed by atoms with Crippen LogP contribution in [0.5, 0.6) is 0 Å². The first-order valence-corrected chi connectivity index (χ1v) is 28.5. The molecule has 3 fully saturated rings. The van der Waals surface area contributed by atoms with E-state index in [4.69, 9.17) is 28.4 Å². The fourth-order valence-electron chi connectivity index (χ4n) is 9.34. The third-order valence-electron chi connectivity index (χ3n) is 14.0. The standard InChI is InChI=1S/C57H99NO18/c1-3-5-7-9-11-13-15-17-19-20-21-23-25-27-29-31-33-35-45(63)58-40(41(62)34-32-30-28-26-24-22-18-16-14-12-10-8-6-4-2)39-71-55-51(69)48(66)53(43(37-60)73-55)76-57-52(70)49(67)54(44(38-61)74-57)75-56-50(68)47(65)46(64)42(36-59)72-56/h5,7,11,13,17,19,24,26,32,34,40-44,46-57,59-62,64-70H,3-4,6,8-10,12,14-16,18,20-23,25,27-31,33,35-39H2,1-2H3,(H,58,63)/b7-5-,13-11-,19-17-,26-24+,34-32+. The number of hydrogen-bond donors (Lipinski definition) is 12. The minimum Gasteiger partial charge on any atom is -0.394 e. The van der Waals surface area contributed by atoms with E-state index in [1.54, 1.807) is 6.08 Å². The minimum absolute atomic E-state index is 0.221. The van der Waals surface area contributed by atoms with E-state index in [2.05, 4.69) is 67.8 Å². The molecular weight excluding hydrogens is 987 g/mol. The van der Waals surface area contributed by atoms with Crippen LogP contribution in [0.2, 0.25) is 0 Å². The van der Waals surface area contributed by atoms with Gasteiger partial charge in [-0.1, -0.05) is 152 Å². The Morgan fingerprint density at radius 3 is 1.47 bits per heavy atom. The van der Waals surface area contributed by atoms with Gasteiger partial charge < -0.3 is 89.9 Å². The van der Waals surface area contributed by atoms with Crippen LogP contribution in [-0.4, -0.2) is 193 Å². The summed E-state index contributed by atoms with van der Waals surface area (Å²) in [5.74, 6) is -0.300. The van der Waals surface area contributed by atoms with Crippen molar-refractivity contribution in [1.29, 1.82) is 0 Å². The number of unbranched alkanes of at least 4 members (excludes halogenated alkanes) is 16. The topological polar surface area (TPSA) is 307 Å². The number of hydrogen-bond acceptors (Lipinski definition) is 18. The van der Waals surface area contributed by atoms with Gasteiger partial charge >= 0.3 is 0 Å². The minimum atomic E-state index is -1.98. The second-order valence-electron chi connectivity index (χ2n) is 20.4. The monoisotopic (exact) mass is 1090 g/mol. The van der Waals surface area contributed by atoms with Crippen molar-refractivity contribution in [1.82, 2.24) is 5.32 Å². The molecule has 3 aliphatic heterocycles. The lowest BCUT2D eigenvalue weighted by Crippen LogP contribution is -2.66. The zero-order chi connectivity index (χ0) is 55.5. The molecule has 3 rings (SSSR count). The summed E-state index contributed by atoms with van der Waals surface area (Å²) < 4.78 is 34.2. The zero-order valence-electron chi connectivity index (χ0n) is 45.5. The van der Waals surface area contributed by atoms with Crippen LogP contribution in [0.25, 0.3) is 0 Å². The first-order valence-electron chi connectivity index (χ1n) is 28.5. The van der Waals surface area contributed by atoms with Gasteiger partial charge in [-0.25, -0.2) is 0 Å². The van der Waals surface area contributed by atoms with Gasteiger partial charge in [0.15, 0.2) is 18.9 Å². The van der Waals surface area contributed by atoms with Gasteiger partial charge in [-0.2, -0.15) is 0 Å². The van der Waals surface area contributed by atoms with Crippen LogP contribution < -0.4 is 5.32 Å². The summed E-state index contributed by atoms with van der Waals surface area (Å²) in [6, 6.07) is -0.996. The van der Waals surface area contributed by atoms with Crippen LogP contribution in [-0.2, 0) is 33.2 Å². The maximum absolute atomic E-state index is 13.3. The van der Waals surface area contributed by atoms with Crippen molar-refractivity contribution in [2.75, 3.05) is 26.4 Å². The Balaban J connectivity index is 1.54. The van der Waals surface area contributed by atoms with Crippen LogP contribution in [0.3, 0.4) is 0 Å². The Bertz CT molecular complexity index is 1630. The molecule has 0 aliphatic carbocycles. The van der Waals surface area contributed by atoms with Gasteiger partial charge in [0.05, 0.1) is 38.6 Å². The van der Waals surface area contributed by atoms with E-state index in [1.165, 1.54) is 44.9 Å². The molecule has 0 radical (unpaired) electrons. The van der Waals surface area contributed by atoms with E-state index in [-0.39, 0.29) is 18.9 Å². The van der Waals surface area contributed by atoms with Crippen molar-refractivity contribution < 1.29 is 89.4 Å². The molecule has 0 aromatic rings. The molecule has 1 amide bonds. The number of ether oxygens (including phenoxy) is 6. The molecule has 0 aromatic carbocycles. The zero-order valence-corrected chi connectivity index (χ0v) is 45.5. The van der Waals surface area contributed by atoms with Gasteiger partial charge in [-0.15, -0.1) is 0 Å². The van der Waals surface area contributed by atoms with Crippen LogP contribution in [0, 0.1) is 0 Å². The number of allylic oxidation sites excluding steroid dienone is 9. The molecule has 440 valence electrons. The summed E-state index contributed by atoms with van der Waals surface area (Å²) in [5, 5.41) is 120. The summed E-state index contributed by atoms with van der Waals surface area (Å²) in [6.07, 6.45) is 17.8. The summed E-state index contributed by atoms with van der Waals surface area (Å²) in [5.41, 5.74) is 0. The molecule has 76 heavy (non-hydrogen) atoms.